The van der Waals surface area contributed by atoms with Crippen LogP contribution in [0.25, 0.3) is 0 Å². The Morgan fingerprint density at radius 2 is 2.62 bits per heavy atom. The van der Waals surface area contributed by atoms with Gasteiger partial charge in [-0.25, -0.2) is 0 Å². The van der Waals surface area contributed by atoms with Crippen molar-refractivity contribution in [3.05, 3.63) is 18.6 Å². The van der Waals surface area contributed by atoms with E-state index in [0.29, 0.717) is 13.1 Å². The molecule has 1 rings (SSSR count). The van der Waals surface area contributed by atoms with Crippen LogP contribution < -0.4 is 4.65 Å². The summed E-state index contributed by atoms with van der Waals surface area (Å²) in [4.78, 5) is 0. The summed E-state index contributed by atoms with van der Waals surface area (Å²) in [6, 6.07) is 1.55. The van der Waals surface area contributed by atoms with Crippen molar-refractivity contribution in [3.8, 4) is 5.75 Å². The number of rotatable bonds is 2. The van der Waals surface area contributed by atoms with Gasteiger partial charge in [0.15, 0.2) is 0 Å². The summed E-state index contributed by atoms with van der Waals surface area (Å²) in [5, 5.41) is 0. The normalized spacial score (nSPS) is 8.00. The molecule has 0 aliphatic carbocycles. The molecule has 0 N–H and O–H groups in total. The predicted molar refractivity (Wildman–Crippen MR) is 25.8 cm³/mol. The Labute approximate surface area is 46.5 Å². The molecule has 0 atom stereocenters. The first-order valence-electron chi connectivity index (χ1n) is 2.06. The van der Waals surface area contributed by atoms with Crippen LogP contribution in [0.5, 0.6) is 5.75 Å². The third-order valence-corrected chi connectivity index (χ3v) is 0.679. The molecule has 4 heteroatoms. The van der Waals surface area contributed by atoms with Crippen molar-refractivity contribution in [3.63, 3.8) is 0 Å². The van der Waals surface area contributed by atoms with Gasteiger partial charge in [-0.1, -0.05) is 0 Å². The quantitative estimate of drug-likeness (QED) is 0.523. The van der Waals surface area contributed by atoms with Gasteiger partial charge in [0, 0.05) is 0 Å². The molecule has 0 aliphatic rings. The van der Waals surface area contributed by atoms with E-state index in [4.69, 9.17) is 0 Å². The topological polar surface area (TPSA) is 39.4 Å². The molecule has 0 bridgehead atoms. The fraction of sp³-hybridized carbons (Fsp3) is 0. The third kappa shape index (κ3) is 0.962. The molecule has 0 aromatic carbocycles. The summed E-state index contributed by atoms with van der Waals surface area (Å²) in [6.07, 6.45) is 2.77. The summed E-state index contributed by atoms with van der Waals surface area (Å²) < 4.78 is 18.6. The van der Waals surface area contributed by atoms with Crippen molar-refractivity contribution in [2.45, 2.75) is 0 Å². The molecule has 0 fully saturated rings. The Morgan fingerprint density at radius 3 is 3.12 bits per heavy atom. The zero-order chi connectivity index (χ0) is 5.82. The molecular formula is C4H3BO3. The Bertz CT molecular complexity index is 158. The summed E-state index contributed by atoms with van der Waals surface area (Å²) >= 11 is 0. The van der Waals surface area contributed by atoms with Gasteiger partial charge < -0.3 is 0 Å². The average molecular weight is 110 g/mol. The Balaban J connectivity index is 2.62. The van der Waals surface area contributed by atoms with Crippen molar-refractivity contribution >= 4 is 7.35 Å². The number of furan rings is 1. The molecule has 0 saturated heterocycles. The second kappa shape index (κ2) is 2.30. The van der Waals surface area contributed by atoms with Gasteiger partial charge in [0.05, 0.1) is 0 Å². The van der Waals surface area contributed by atoms with Crippen LogP contribution in [0.4, 0.5) is 0 Å². The van der Waals surface area contributed by atoms with E-state index in [1.807, 2.05) is 0 Å². The molecule has 1 aromatic heterocycles. The molecule has 8 heavy (non-hydrogen) atoms. The van der Waals surface area contributed by atoms with Crippen LogP contribution in [-0.4, -0.2) is 7.35 Å². The van der Waals surface area contributed by atoms with Gasteiger partial charge in [-0.2, -0.15) is 0 Å². The monoisotopic (exact) mass is 110 g/mol. The van der Waals surface area contributed by atoms with Crippen molar-refractivity contribution in [2.75, 3.05) is 0 Å². The zero-order valence-corrected chi connectivity index (χ0v) is 4.03. The third-order valence-electron chi connectivity index (χ3n) is 0.679. The molecule has 1 heterocycles. The first-order valence-corrected chi connectivity index (χ1v) is 2.06. The van der Waals surface area contributed by atoms with E-state index in [-0.39, 0.29) is 0 Å². The molecular weight excluding hydrogens is 107 g/mol. The van der Waals surface area contributed by atoms with Crippen LogP contribution >= 0.6 is 0 Å². The minimum atomic E-state index is 0.352. The van der Waals surface area contributed by atoms with E-state index in [1.54, 1.807) is 6.07 Å². The van der Waals surface area contributed by atoms with Gasteiger partial charge >= 0.3 is 45.5 Å². The molecule has 40 valence electrons. The SMILES string of the molecule is O=BOc1ccoc1. The summed E-state index contributed by atoms with van der Waals surface area (Å²) in [5.74, 6) is 0.431. The van der Waals surface area contributed by atoms with E-state index in [1.165, 1.54) is 12.5 Å². The fourth-order valence-electron chi connectivity index (χ4n) is 0.375. The Kier molecular flexibility index (Phi) is 1.46. The molecule has 0 aliphatic heterocycles. The summed E-state index contributed by atoms with van der Waals surface area (Å²) in [6.45, 7) is 0. The molecule has 0 spiro atoms. The second-order valence-corrected chi connectivity index (χ2v) is 1.17. The van der Waals surface area contributed by atoms with Crippen molar-refractivity contribution < 1.29 is 13.8 Å². The van der Waals surface area contributed by atoms with Crippen LogP contribution in [0, 0.1) is 0 Å². The first kappa shape index (κ1) is 5.09. The van der Waals surface area contributed by atoms with Crippen LogP contribution in [-0.2, 0) is 4.70 Å². The van der Waals surface area contributed by atoms with Gasteiger partial charge in [-0.3, -0.25) is 0 Å². The van der Waals surface area contributed by atoms with Crippen molar-refractivity contribution in [1.29, 1.82) is 0 Å². The van der Waals surface area contributed by atoms with Crippen LogP contribution in [0.1, 0.15) is 0 Å². The molecule has 3 nitrogen and oxygen atoms in total. The predicted octanol–water partition coefficient (Wildman–Crippen LogP) is 0.623. The van der Waals surface area contributed by atoms with E-state index in [0.717, 1.165) is 0 Å². The van der Waals surface area contributed by atoms with Gasteiger partial charge in [-0.15, -0.1) is 0 Å². The number of hydrogen-bond donors (Lipinski definition) is 0. The fourth-order valence-corrected chi connectivity index (χ4v) is 0.375. The van der Waals surface area contributed by atoms with Crippen molar-refractivity contribution in [2.24, 2.45) is 0 Å². The maximum absolute atomic E-state index is 9.61. The van der Waals surface area contributed by atoms with E-state index >= 15 is 0 Å². The maximum atomic E-state index is 9.61. The summed E-state index contributed by atoms with van der Waals surface area (Å²) in [7, 11) is 0.352. The molecule has 0 unspecified atom stereocenters. The number of hydrogen-bond acceptors (Lipinski definition) is 3. The first-order chi connectivity index (χ1) is 3.93. The van der Waals surface area contributed by atoms with Gasteiger partial charge in [-0.05, 0) is 0 Å². The Morgan fingerprint density at radius 1 is 1.75 bits per heavy atom. The van der Waals surface area contributed by atoms with Crippen LogP contribution in [0.15, 0.2) is 23.0 Å². The average Bonchev–Trinajstić information content (AvgIpc) is 2.19. The second-order valence-electron chi connectivity index (χ2n) is 1.17. The standard InChI is InChI=1S/C4H3BO3/c6-5-8-4-1-2-7-3-4/h1-3H. The summed E-state index contributed by atoms with van der Waals surface area (Å²) in [5.41, 5.74) is 0. The molecule has 0 amide bonds. The van der Waals surface area contributed by atoms with E-state index < -0.39 is 0 Å². The van der Waals surface area contributed by atoms with E-state index in [2.05, 4.69) is 9.07 Å². The van der Waals surface area contributed by atoms with Gasteiger partial charge in [0.25, 0.3) is 0 Å². The van der Waals surface area contributed by atoms with Gasteiger partial charge in [0.2, 0.25) is 0 Å². The molecule has 0 saturated carbocycles. The van der Waals surface area contributed by atoms with Crippen LogP contribution in [0.2, 0.25) is 0 Å². The molecule has 0 radical (unpaired) electrons. The van der Waals surface area contributed by atoms with Gasteiger partial charge in [0.1, 0.15) is 0 Å². The Hall–Kier alpha value is -1.06. The van der Waals surface area contributed by atoms with Crippen molar-refractivity contribution in [1.82, 2.24) is 0 Å². The van der Waals surface area contributed by atoms with E-state index in [9.17, 15) is 4.70 Å². The minimum absolute atomic E-state index is 0.352. The zero-order valence-electron chi connectivity index (χ0n) is 4.03. The van der Waals surface area contributed by atoms with Crippen LogP contribution in [0.3, 0.4) is 0 Å². The molecule has 1 aromatic rings.